The lowest BCUT2D eigenvalue weighted by atomic mass is 9.91. The van der Waals surface area contributed by atoms with E-state index < -0.39 is 0 Å². The zero-order valence-corrected chi connectivity index (χ0v) is 30.7. The Morgan fingerprint density at radius 1 is 0.562 bits per heavy atom. The van der Waals surface area contributed by atoms with E-state index >= 15 is 0 Å². The van der Waals surface area contributed by atoms with Gasteiger partial charge in [0, 0.05) is 42.6 Å². The highest BCUT2D eigenvalue weighted by Crippen LogP contribution is 2.45. The number of nitrogens with two attached hydrogens (primary N) is 2. The number of carbonyl (C=O) groups is 1. The van der Waals surface area contributed by atoms with Crippen LogP contribution >= 0.6 is 55.1 Å². The number of carbonyl (C=O) groups excluding carboxylic acids is 1. The zero-order chi connectivity index (χ0) is 34.1. The van der Waals surface area contributed by atoms with E-state index in [0.29, 0.717) is 66.4 Å². The van der Waals surface area contributed by atoms with Gasteiger partial charge in [-0.15, -0.1) is 0 Å². The summed E-state index contributed by atoms with van der Waals surface area (Å²) in [5.74, 6) is -0.306. The summed E-state index contributed by atoms with van der Waals surface area (Å²) in [4.78, 5) is 14.5. The van der Waals surface area contributed by atoms with Gasteiger partial charge in [-0.05, 0) is 96.8 Å². The number of nitrogen functional groups attached to an aromatic ring is 2. The first-order valence-electron chi connectivity index (χ1n) is 15.0. The summed E-state index contributed by atoms with van der Waals surface area (Å²) in [7, 11) is 0. The molecule has 0 unspecified atom stereocenters. The number of aryl methyl sites for hydroxylation is 2. The summed E-state index contributed by atoms with van der Waals surface area (Å²) in [5, 5.41) is 7.48. The van der Waals surface area contributed by atoms with E-state index in [9.17, 15) is 4.79 Å². The van der Waals surface area contributed by atoms with Gasteiger partial charge in [0.15, 0.2) is 5.78 Å². The molecule has 0 saturated heterocycles. The van der Waals surface area contributed by atoms with Gasteiger partial charge in [0.25, 0.3) is 0 Å². The van der Waals surface area contributed by atoms with Crippen LogP contribution in [-0.2, 0) is 0 Å². The van der Waals surface area contributed by atoms with Crippen LogP contribution in [0.3, 0.4) is 0 Å². The van der Waals surface area contributed by atoms with Crippen molar-refractivity contribution in [1.82, 2.24) is 0 Å². The Hall–Kier alpha value is -4.27. The van der Waals surface area contributed by atoms with Gasteiger partial charge in [-0.25, -0.2) is 0 Å². The lowest BCUT2D eigenvalue weighted by molar-refractivity contribution is 0.103. The second-order valence-corrected chi connectivity index (χ2v) is 14.0. The van der Waals surface area contributed by atoms with E-state index in [1.54, 1.807) is 12.1 Å². The molecule has 0 aliphatic heterocycles. The lowest BCUT2D eigenvalue weighted by Gasteiger charge is -2.21. The average molecular weight is 801 g/mol. The highest BCUT2D eigenvalue weighted by molar-refractivity contribution is 9.10. The molecule has 0 spiro atoms. The zero-order valence-electron chi connectivity index (χ0n) is 26.0. The molecule has 0 atom stereocenters. The van der Waals surface area contributed by atoms with E-state index in [1.807, 2.05) is 111 Å². The van der Waals surface area contributed by atoms with Gasteiger partial charge in [-0.1, -0.05) is 104 Å². The minimum absolute atomic E-state index is 0.299. The summed E-state index contributed by atoms with van der Waals surface area (Å²) < 4.78 is 1.74. The monoisotopic (exact) mass is 798 g/mol. The molecular formula is C39H30Br2Cl2N4O. The smallest absolute Gasteiger partial charge is 0.196 e. The largest absolute Gasteiger partial charge is 0.397 e. The maximum absolute atomic E-state index is 14.5. The number of anilines is 6. The molecule has 0 saturated carbocycles. The minimum atomic E-state index is -0.306. The van der Waals surface area contributed by atoms with Crippen molar-refractivity contribution in [2.75, 3.05) is 22.1 Å². The summed E-state index contributed by atoms with van der Waals surface area (Å²) in [6.07, 6.45) is 0. The van der Waals surface area contributed by atoms with Gasteiger partial charge >= 0.3 is 0 Å². The Balaban J connectivity index is 1.50. The third-order valence-electron chi connectivity index (χ3n) is 8.17. The van der Waals surface area contributed by atoms with Crippen LogP contribution in [0.2, 0.25) is 10.0 Å². The van der Waals surface area contributed by atoms with Crippen molar-refractivity contribution in [3.05, 3.63) is 150 Å². The minimum Gasteiger partial charge on any atom is -0.397 e. The van der Waals surface area contributed by atoms with Gasteiger partial charge in [0.05, 0.1) is 32.8 Å². The van der Waals surface area contributed by atoms with E-state index in [-0.39, 0.29) is 5.78 Å². The molecule has 9 heteroatoms. The van der Waals surface area contributed by atoms with Crippen molar-refractivity contribution in [1.29, 1.82) is 0 Å². The van der Waals surface area contributed by atoms with Crippen LogP contribution in [0.15, 0.2) is 118 Å². The molecule has 0 fully saturated rings. The fraction of sp³-hybridized carbons (Fsp3) is 0.0513. The lowest BCUT2D eigenvalue weighted by Crippen LogP contribution is -2.08. The molecule has 5 nitrogen and oxygen atoms in total. The van der Waals surface area contributed by atoms with Crippen LogP contribution in [0.4, 0.5) is 34.1 Å². The van der Waals surface area contributed by atoms with Gasteiger partial charge in [-0.3, -0.25) is 4.79 Å². The molecule has 6 rings (SSSR count). The summed E-state index contributed by atoms with van der Waals surface area (Å²) in [6, 6.07) is 34.2. The highest BCUT2D eigenvalue weighted by atomic mass is 79.9. The predicted octanol–water partition coefficient (Wildman–Crippen LogP) is 12.4. The molecular weight excluding hydrogens is 771 g/mol. The fourth-order valence-corrected chi connectivity index (χ4v) is 7.14. The number of benzene rings is 6. The first-order valence-corrected chi connectivity index (χ1v) is 17.3. The Bertz CT molecular complexity index is 2070. The number of hydrogen-bond donors (Lipinski definition) is 4. The first kappa shape index (κ1) is 33.6. The Morgan fingerprint density at radius 2 is 0.938 bits per heavy atom. The quantitative estimate of drug-likeness (QED) is 0.0909. The normalized spacial score (nSPS) is 11.0. The number of nitrogens with one attached hydrogen (secondary N) is 2. The van der Waals surface area contributed by atoms with Gasteiger partial charge < -0.3 is 22.1 Å². The maximum atomic E-state index is 14.5. The topological polar surface area (TPSA) is 93.2 Å². The van der Waals surface area contributed by atoms with Crippen molar-refractivity contribution >= 4 is 95.0 Å². The van der Waals surface area contributed by atoms with Crippen LogP contribution in [0.1, 0.15) is 27.0 Å². The second-order valence-electron chi connectivity index (χ2n) is 11.4. The van der Waals surface area contributed by atoms with E-state index in [2.05, 4.69) is 42.5 Å². The molecule has 6 N–H and O–H groups in total. The van der Waals surface area contributed by atoms with Crippen LogP contribution in [0.5, 0.6) is 0 Å². The first-order chi connectivity index (χ1) is 23.0. The van der Waals surface area contributed by atoms with Crippen LogP contribution in [-0.4, -0.2) is 5.78 Å². The molecule has 6 aromatic carbocycles. The van der Waals surface area contributed by atoms with Gasteiger partial charge in [0.1, 0.15) is 0 Å². The molecule has 0 aliphatic carbocycles. The third kappa shape index (κ3) is 6.69. The Morgan fingerprint density at radius 3 is 1.31 bits per heavy atom. The second kappa shape index (κ2) is 14.1. The predicted molar refractivity (Wildman–Crippen MR) is 210 cm³/mol. The maximum Gasteiger partial charge on any atom is 0.196 e. The van der Waals surface area contributed by atoms with Crippen LogP contribution < -0.4 is 22.1 Å². The third-order valence-corrected chi connectivity index (χ3v) is 9.94. The van der Waals surface area contributed by atoms with E-state index in [0.717, 1.165) is 31.2 Å². The van der Waals surface area contributed by atoms with E-state index in [4.69, 9.17) is 34.7 Å². The summed E-state index contributed by atoms with van der Waals surface area (Å²) in [6.45, 7) is 4.01. The van der Waals surface area contributed by atoms with Crippen molar-refractivity contribution < 1.29 is 4.79 Å². The van der Waals surface area contributed by atoms with Crippen molar-refractivity contribution in [3.63, 3.8) is 0 Å². The Kier molecular flexibility index (Phi) is 9.85. The van der Waals surface area contributed by atoms with Crippen molar-refractivity contribution in [2.24, 2.45) is 0 Å². The van der Waals surface area contributed by atoms with Crippen molar-refractivity contribution in [3.8, 4) is 22.3 Å². The van der Waals surface area contributed by atoms with Gasteiger partial charge in [-0.2, -0.15) is 0 Å². The van der Waals surface area contributed by atoms with Crippen molar-refractivity contribution in [2.45, 2.75) is 13.8 Å². The molecule has 0 radical (unpaired) electrons. The number of halogens is 4. The molecule has 0 bridgehead atoms. The molecule has 0 heterocycles. The van der Waals surface area contributed by atoms with Crippen LogP contribution in [0.25, 0.3) is 22.3 Å². The standard InChI is InChI=1S/C39H30Br2Cl2N4O/c1-21-7-3-5-9-25(21)35-33(46-31-15-11-23(40)19-29(31)44)17-13-27(37(35)42)39(48)28-14-18-34(47-32-16-12-24(41)20-30(32)45)36(38(28)43)26-10-6-4-8-22(26)2/h3-20,46-47H,44-45H2,1-2H3. The number of hydrogen-bond acceptors (Lipinski definition) is 5. The summed E-state index contributed by atoms with van der Waals surface area (Å²) >= 11 is 21.4. The number of rotatable bonds is 8. The summed E-state index contributed by atoms with van der Waals surface area (Å²) in [5.41, 5.74) is 22.4. The molecule has 6 aromatic rings. The highest BCUT2D eigenvalue weighted by Gasteiger charge is 2.25. The molecule has 0 aliphatic rings. The Labute approximate surface area is 306 Å². The molecule has 0 aromatic heterocycles. The average Bonchev–Trinajstić information content (AvgIpc) is 3.05. The molecule has 0 amide bonds. The van der Waals surface area contributed by atoms with Crippen LogP contribution in [0, 0.1) is 13.8 Å². The number of ketones is 1. The van der Waals surface area contributed by atoms with Gasteiger partial charge in [0.2, 0.25) is 0 Å². The SMILES string of the molecule is Cc1ccccc1-c1c(Nc2ccc(Br)cc2N)ccc(C(=O)c2ccc(Nc3ccc(Br)cc3N)c(-c3ccccc3C)c2Cl)c1Cl. The molecule has 48 heavy (non-hydrogen) atoms. The molecule has 240 valence electrons. The fourth-order valence-electron chi connectivity index (χ4n) is 5.67. The van der Waals surface area contributed by atoms with E-state index in [1.165, 1.54) is 0 Å².